The van der Waals surface area contributed by atoms with E-state index < -0.39 is 22.0 Å². The molecule has 0 bridgehead atoms. The summed E-state index contributed by atoms with van der Waals surface area (Å²) in [5.41, 5.74) is 0.468. The van der Waals surface area contributed by atoms with Gasteiger partial charge in [-0.15, -0.1) is 0 Å². The number of halogens is 1. The summed E-state index contributed by atoms with van der Waals surface area (Å²) >= 11 is 5.70. The van der Waals surface area contributed by atoms with Crippen LogP contribution in [0, 0.1) is 0 Å². The number of rotatable bonds is 5. The Hall–Kier alpha value is -1.63. The Morgan fingerprint density at radius 3 is 2.43 bits per heavy atom. The van der Waals surface area contributed by atoms with E-state index in [1.807, 2.05) is 6.08 Å². The fraction of sp³-hybridized carbons (Fsp3) is 0.214. The largest absolute Gasteiger partial charge is 0.548 e. The molecule has 0 aromatic heterocycles. The third-order valence-electron chi connectivity index (χ3n) is 3.04. The second kappa shape index (κ2) is 6.43. The van der Waals surface area contributed by atoms with Crippen LogP contribution < -0.4 is 9.83 Å². The van der Waals surface area contributed by atoms with E-state index in [9.17, 15) is 18.3 Å². The van der Waals surface area contributed by atoms with Gasteiger partial charge < -0.3 is 9.90 Å². The maximum atomic E-state index is 12.2. The predicted molar refractivity (Wildman–Crippen MR) is 77.0 cm³/mol. The number of carboxylic acid groups (broad SMARTS) is 1. The van der Waals surface area contributed by atoms with Crippen LogP contribution in [0.3, 0.4) is 0 Å². The normalized spacial score (nSPS) is 16.3. The smallest absolute Gasteiger partial charge is 0.241 e. The molecule has 2 rings (SSSR count). The molecule has 7 heteroatoms. The summed E-state index contributed by atoms with van der Waals surface area (Å²) < 4.78 is 26.6. The van der Waals surface area contributed by atoms with Crippen LogP contribution in [0.2, 0.25) is 5.02 Å². The fourth-order valence-electron chi connectivity index (χ4n) is 1.97. The average Bonchev–Trinajstić information content (AvgIpc) is 2.46. The molecule has 0 aliphatic heterocycles. The van der Waals surface area contributed by atoms with Crippen LogP contribution in [0.15, 0.2) is 53.0 Å². The molecule has 1 aliphatic rings. The molecule has 0 unspecified atom stereocenters. The van der Waals surface area contributed by atoms with Crippen molar-refractivity contribution in [3.8, 4) is 0 Å². The van der Waals surface area contributed by atoms with Gasteiger partial charge in [0.2, 0.25) is 10.0 Å². The first-order chi connectivity index (χ1) is 9.90. The minimum atomic E-state index is -3.97. The van der Waals surface area contributed by atoms with Crippen molar-refractivity contribution in [2.24, 2.45) is 0 Å². The first-order valence-electron chi connectivity index (χ1n) is 6.23. The maximum Gasteiger partial charge on any atom is 0.241 e. The van der Waals surface area contributed by atoms with E-state index in [1.165, 1.54) is 24.3 Å². The Kier molecular flexibility index (Phi) is 4.82. The number of hydrogen-bond donors (Lipinski definition) is 1. The zero-order valence-electron chi connectivity index (χ0n) is 11.0. The van der Waals surface area contributed by atoms with Gasteiger partial charge in [0, 0.05) is 5.02 Å². The Labute approximate surface area is 128 Å². The summed E-state index contributed by atoms with van der Waals surface area (Å²) in [5, 5.41) is 11.6. The molecule has 1 atom stereocenters. The summed E-state index contributed by atoms with van der Waals surface area (Å²) in [6.07, 6.45) is 6.31. The van der Waals surface area contributed by atoms with Crippen LogP contribution in [0.25, 0.3) is 0 Å². The van der Waals surface area contributed by atoms with Crippen molar-refractivity contribution < 1.29 is 18.3 Å². The molecular weight excluding hydrogens is 314 g/mol. The summed E-state index contributed by atoms with van der Waals surface area (Å²) in [7, 11) is -3.97. The van der Waals surface area contributed by atoms with Gasteiger partial charge in [-0.05, 0) is 42.7 Å². The van der Waals surface area contributed by atoms with Crippen molar-refractivity contribution in [1.29, 1.82) is 0 Å². The molecule has 0 radical (unpaired) electrons. The lowest BCUT2D eigenvalue weighted by molar-refractivity contribution is -0.306. The van der Waals surface area contributed by atoms with E-state index in [-0.39, 0.29) is 4.90 Å². The number of carbonyl (C=O) groups excluding carboxylic acids is 1. The lowest BCUT2D eigenvalue weighted by Gasteiger charge is -2.23. The molecule has 5 nitrogen and oxygen atoms in total. The van der Waals surface area contributed by atoms with E-state index in [2.05, 4.69) is 4.72 Å². The van der Waals surface area contributed by atoms with Crippen molar-refractivity contribution in [1.82, 2.24) is 4.72 Å². The van der Waals surface area contributed by atoms with Gasteiger partial charge in [-0.1, -0.05) is 29.8 Å². The molecule has 1 aliphatic carbocycles. The Bertz CT molecular complexity index is 692. The number of nitrogens with one attached hydrogen (secondary N) is 1. The van der Waals surface area contributed by atoms with Crippen LogP contribution in [0.4, 0.5) is 0 Å². The summed E-state index contributed by atoms with van der Waals surface area (Å²) in [6.45, 7) is 0. The summed E-state index contributed by atoms with van der Waals surface area (Å²) in [4.78, 5) is 11.2. The highest BCUT2D eigenvalue weighted by Crippen LogP contribution is 2.18. The number of carboxylic acids is 1. The highest BCUT2D eigenvalue weighted by molar-refractivity contribution is 7.89. The number of hydrogen-bond acceptors (Lipinski definition) is 4. The highest BCUT2D eigenvalue weighted by atomic mass is 35.5. The zero-order valence-corrected chi connectivity index (χ0v) is 12.5. The fourth-order valence-corrected chi connectivity index (χ4v) is 3.28. The monoisotopic (exact) mass is 326 g/mol. The van der Waals surface area contributed by atoms with Crippen molar-refractivity contribution in [2.45, 2.75) is 23.8 Å². The summed E-state index contributed by atoms with van der Waals surface area (Å²) in [5.74, 6) is -1.48. The standard InChI is InChI=1S/C14H14ClNO4S/c15-11-6-8-12(9-7-11)21(19,20)16-13(14(17)18)10-4-2-1-3-5-10/h1-2,5-9,13,16H,3-4H2,(H,17,18)/p-1/t13-/m0/s1. The molecule has 0 amide bonds. The molecule has 0 saturated carbocycles. The number of allylic oxidation sites excluding steroid dienone is 3. The van der Waals surface area contributed by atoms with Crippen LogP contribution in [0.1, 0.15) is 12.8 Å². The number of carbonyl (C=O) groups is 1. The molecular formula is C14H13ClNO4S-. The van der Waals surface area contributed by atoms with Gasteiger partial charge in [0.25, 0.3) is 0 Å². The van der Waals surface area contributed by atoms with Crippen LogP contribution in [-0.4, -0.2) is 20.4 Å². The second-order valence-corrected chi connectivity index (χ2v) is 6.67. The Balaban J connectivity index is 2.25. The second-order valence-electron chi connectivity index (χ2n) is 4.52. The van der Waals surface area contributed by atoms with Crippen molar-refractivity contribution in [2.75, 3.05) is 0 Å². The predicted octanol–water partition coefficient (Wildman–Crippen LogP) is 1.01. The average molecular weight is 327 g/mol. The number of benzene rings is 1. The molecule has 21 heavy (non-hydrogen) atoms. The van der Waals surface area contributed by atoms with Gasteiger partial charge in [-0.2, -0.15) is 4.72 Å². The van der Waals surface area contributed by atoms with Gasteiger partial charge in [0.1, 0.15) is 0 Å². The van der Waals surface area contributed by atoms with Crippen LogP contribution in [0.5, 0.6) is 0 Å². The van der Waals surface area contributed by atoms with Crippen molar-refractivity contribution in [3.05, 3.63) is 53.1 Å². The number of sulfonamides is 1. The highest BCUT2D eigenvalue weighted by Gasteiger charge is 2.23. The van der Waals surface area contributed by atoms with Gasteiger partial charge >= 0.3 is 0 Å². The first-order valence-corrected chi connectivity index (χ1v) is 8.09. The van der Waals surface area contributed by atoms with Crippen LogP contribution >= 0.6 is 11.6 Å². The van der Waals surface area contributed by atoms with Gasteiger partial charge in [-0.3, -0.25) is 0 Å². The molecule has 1 aromatic carbocycles. The van der Waals surface area contributed by atoms with E-state index in [4.69, 9.17) is 11.6 Å². The van der Waals surface area contributed by atoms with E-state index >= 15 is 0 Å². The van der Waals surface area contributed by atoms with E-state index in [0.717, 1.165) is 0 Å². The van der Waals surface area contributed by atoms with Gasteiger partial charge in [0.05, 0.1) is 16.9 Å². The van der Waals surface area contributed by atoms with Gasteiger partial charge in [-0.25, -0.2) is 8.42 Å². The first kappa shape index (κ1) is 15.8. The lowest BCUT2D eigenvalue weighted by Crippen LogP contribution is -2.49. The third-order valence-corrected chi connectivity index (χ3v) is 4.73. The third kappa shape index (κ3) is 3.93. The van der Waals surface area contributed by atoms with E-state index in [0.29, 0.717) is 23.4 Å². The minimum Gasteiger partial charge on any atom is -0.548 e. The van der Waals surface area contributed by atoms with Crippen molar-refractivity contribution >= 4 is 27.6 Å². The minimum absolute atomic E-state index is 0.0508. The summed E-state index contributed by atoms with van der Waals surface area (Å²) in [6, 6.07) is 4.09. The Morgan fingerprint density at radius 2 is 1.90 bits per heavy atom. The molecule has 112 valence electrons. The van der Waals surface area contributed by atoms with E-state index in [1.54, 1.807) is 12.2 Å². The van der Waals surface area contributed by atoms with Crippen molar-refractivity contribution in [3.63, 3.8) is 0 Å². The van der Waals surface area contributed by atoms with Gasteiger partial charge in [0.15, 0.2) is 0 Å². The number of aliphatic carboxylic acids is 1. The lowest BCUT2D eigenvalue weighted by atomic mass is 9.99. The SMILES string of the molecule is O=C([O-])[C@@H](NS(=O)(=O)c1ccc(Cl)cc1)C1=CCC=CC1. The molecule has 0 spiro atoms. The quantitative estimate of drug-likeness (QED) is 0.818. The van der Waals surface area contributed by atoms with Crippen LogP contribution in [-0.2, 0) is 14.8 Å². The molecule has 1 aromatic rings. The molecule has 1 N–H and O–H groups in total. The zero-order chi connectivity index (χ0) is 15.5. The maximum absolute atomic E-state index is 12.2. The molecule has 0 heterocycles. The molecule has 0 saturated heterocycles. The Morgan fingerprint density at radius 1 is 1.24 bits per heavy atom. The molecule has 0 fully saturated rings. The topological polar surface area (TPSA) is 86.3 Å².